The van der Waals surface area contributed by atoms with E-state index in [0.29, 0.717) is 6.54 Å². The molecule has 23 heavy (non-hydrogen) atoms. The second-order valence-electron chi connectivity index (χ2n) is 5.35. The first kappa shape index (κ1) is 20.0. The van der Waals surface area contributed by atoms with Crippen molar-refractivity contribution in [3.05, 3.63) is 28.2 Å². The Morgan fingerprint density at radius 2 is 1.91 bits per heavy atom. The van der Waals surface area contributed by atoms with Crippen LogP contribution in [0.4, 0.5) is 5.69 Å². The van der Waals surface area contributed by atoms with E-state index >= 15 is 0 Å². The molecule has 1 rings (SSSR count). The summed E-state index contributed by atoms with van der Waals surface area (Å²) in [5, 5.41) is 3.02. The molecule has 6 nitrogen and oxygen atoms in total. The van der Waals surface area contributed by atoms with Crippen molar-refractivity contribution in [1.29, 1.82) is 0 Å². The molecule has 1 aromatic rings. The minimum Gasteiger partial charge on any atom is -0.354 e. The molecule has 130 valence electrons. The molecule has 1 aromatic carbocycles. The van der Waals surface area contributed by atoms with Gasteiger partial charge in [-0.15, -0.1) is 0 Å². The third-order valence-electron chi connectivity index (χ3n) is 2.99. The van der Waals surface area contributed by atoms with Gasteiger partial charge in [0.1, 0.15) is 6.54 Å². The van der Waals surface area contributed by atoms with Gasteiger partial charge in [-0.2, -0.15) is 0 Å². The Bertz CT molecular complexity index is 651. The van der Waals surface area contributed by atoms with Crippen LogP contribution >= 0.6 is 23.2 Å². The molecule has 0 aliphatic heterocycles. The van der Waals surface area contributed by atoms with Crippen molar-refractivity contribution in [2.45, 2.75) is 6.42 Å². The second-order valence-corrected chi connectivity index (χ2v) is 8.04. The lowest BCUT2D eigenvalue weighted by Crippen LogP contribution is -2.41. The van der Waals surface area contributed by atoms with Crippen LogP contribution < -0.4 is 9.62 Å². The van der Waals surface area contributed by atoms with E-state index in [1.54, 1.807) is 12.1 Å². The van der Waals surface area contributed by atoms with Gasteiger partial charge < -0.3 is 10.2 Å². The van der Waals surface area contributed by atoms with E-state index in [1.165, 1.54) is 6.07 Å². The van der Waals surface area contributed by atoms with Crippen molar-refractivity contribution >= 4 is 44.8 Å². The van der Waals surface area contributed by atoms with Gasteiger partial charge in [0.15, 0.2) is 0 Å². The molecule has 0 spiro atoms. The van der Waals surface area contributed by atoms with Crippen molar-refractivity contribution in [2.75, 3.05) is 44.3 Å². The summed E-state index contributed by atoms with van der Waals surface area (Å²) in [4.78, 5) is 14.0. The number of hydrogen-bond acceptors (Lipinski definition) is 4. The molecule has 0 saturated heterocycles. The standard InChI is InChI=1S/C14H21Cl2N3O3S/c1-18(2)9-5-8-17-13(20)10-19(23(3,21)22)12-7-4-6-11(15)14(12)16/h4,6-7H,5,8-10H2,1-3H3,(H,17,20). The number of nitrogens with zero attached hydrogens (tertiary/aromatic N) is 2. The second kappa shape index (κ2) is 8.73. The Labute approximate surface area is 147 Å². The summed E-state index contributed by atoms with van der Waals surface area (Å²) >= 11 is 12.0. The van der Waals surface area contributed by atoms with Crippen molar-refractivity contribution in [1.82, 2.24) is 10.2 Å². The number of carbonyl (C=O) groups excluding carboxylic acids is 1. The third kappa shape index (κ3) is 6.55. The smallest absolute Gasteiger partial charge is 0.240 e. The van der Waals surface area contributed by atoms with Gasteiger partial charge in [-0.05, 0) is 39.2 Å². The monoisotopic (exact) mass is 381 g/mol. The first-order valence-electron chi connectivity index (χ1n) is 6.96. The molecular formula is C14H21Cl2N3O3S. The maximum atomic E-state index is 12.0. The van der Waals surface area contributed by atoms with E-state index in [0.717, 1.165) is 23.5 Å². The van der Waals surface area contributed by atoms with Gasteiger partial charge in [-0.3, -0.25) is 9.10 Å². The van der Waals surface area contributed by atoms with Gasteiger partial charge in [0, 0.05) is 6.54 Å². The highest BCUT2D eigenvalue weighted by molar-refractivity contribution is 7.92. The zero-order valence-corrected chi connectivity index (χ0v) is 15.7. The topological polar surface area (TPSA) is 69.7 Å². The third-order valence-corrected chi connectivity index (χ3v) is 4.93. The number of nitrogens with one attached hydrogen (secondary N) is 1. The molecule has 0 bridgehead atoms. The average Bonchev–Trinajstić information content (AvgIpc) is 2.43. The molecule has 9 heteroatoms. The predicted octanol–water partition coefficient (Wildman–Crippen LogP) is 1.83. The zero-order valence-electron chi connectivity index (χ0n) is 13.3. The molecule has 0 radical (unpaired) electrons. The summed E-state index contributed by atoms with van der Waals surface area (Å²) in [7, 11) is 0.203. The largest absolute Gasteiger partial charge is 0.354 e. The molecule has 0 atom stereocenters. The number of hydrogen-bond donors (Lipinski definition) is 1. The van der Waals surface area contributed by atoms with Crippen LogP contribution in [0.15, 0.2) is 18.2 Å². The first-order chi connectivity index (χ1) is 10.6. The van der Waals surface area contributed by atoms with E-state index in [-0.39, 0.29) is 22.3 Å². The highest BCUT2D eigenvalue weighted by Gasteiger charge is 2.23. The van der Waals surface area contributed by atoms with Crippen LogP contribution in [0.2, 0.25) is 10.0 Å². The molecule has 0 aliphatic rings. The summed E-state index contributed by atoms with van der Waals surface area (Å²) in [6.45, 7) is 0.953. The molecule has 0 aliphatic carbocycles. The highest BCUT2D eigenvalue weighted by atomic mass is 35.5. The summed E-state index contributed by atoms with van der Waals surface area (Å²) in [5.74, 6) is -0.398. The van der Waals surface area contributed by atoms with Gasteiger partial charge >= 0.3 is 0 Å². The zero-order chi connectivity index (χ0) is 17.6. The maximum Gasteiger partial charge on any atom is 0.240 e. The van der Waals surface area contributed by atoms with Crippen LogP contribution in [0.3, 0.4) is 0 Å². The fourth-order valence-electron chi connectivity index (χ4n) is 1.88. The van der Waals surface area contributed by atoms with Crippen molar-refractivity contribution in [3.8, 4) is 0 Å². The molecular weight excluding hydrogens is 361 g/mol. The summed E-state index contributed by atoms with van der Waals surface area (Å²) in [6.07, 6.45) is 1.79. The van der Waals surface area contributed by atoms with E-state index < -0.39 is 15.9 Å². The predicted molar refractivity (Wildman–Crippen MR) is 94.8 cm³/mol. The van der Waals surface area contributed by atoms with Crippen LogP contribution in [0.5, 0.6) is 0 Å². The SMILES string of the molecule is CN(C)CCCNC(=O)CN(c1cccc(Cl)c1Cl)S(C)(=O)=O. The average molecular weight is 382 g/mol. The van der Waals surface area contributed by atoms with Crippen LogP contribution in [0.1, 0.15) is 6.42 Å². The molecule has 0 unspecified atom stereocenters. The minimum atomic E-state index is -3.68. The van der Waals surface area contributed by atoms with Crippen molar-refractivity contribution in [3.63, 3.8) is 0 Å². The highest BCUT2D eigenvalue weighted by Crippen LogP contribution is 2.33. The van der Waals surface area contributed by atoms with Gasteiger partial charge in [0.2, 0.25) is 15.9 Å². The maximum absolute atomic E-state index is 12.0. The molecule has 0 aromatic heterocycles. The summed E-state index contributed by atoms with van der Waals surface area (Å²) < 4.78 is 24.9. The van der Waals surface area contributed by atoms with Gasteiger partial charge in [-0.25, -0.2) is 8.42 Å². The lowest BCUT2D eigenvalue weighted by Gasteiger charge is -2.23. The molecule has 0 saturated carbocycles. The number of carbonyl (C=O) groups is 1. The Morgan fingerprint density at radius 1 is 1.26 bits per heavy atom. The van der Waals surface area contributed by atoms with Crippen LogP contribution in [0, 0.1) is 0 Å². The van der Waals surface area contributed by atoms with E-state index in [1.807, 2.05) is 19.0 Å². The Balaban J connectivity index is 2.81. The number of amides is 1. The lowest BCUT2D eigenvalue weighted by atomic mass is 10.3. The number of sulfonamides is 1. The Kier molecular flexibility index (Phi) is 7.60. The number of anilines is 1. The molecule has 0 fully saturated rings. The number of halogens is 2. The van der Waals surface area contributed by atoms with Crippen LogP contribution in [-0.4, -0.2) is 59.2 Å². The van der Waals surface area contributed by atoms with Gasteiger partial charge in [0.25, 0.3) is 0 Å². The minimum absolute atomic E-state index is 0.0972. The lowest BCUT2D eigenvalue weighted by molar-refractivity contribution is -0.119. The molecule has 1 amide bonds. The molecule has 1 N–H and O–H groups in total. The van der Waals surface area contributed by atoms with Crippen LogP contribution in [-0.2, 0) is 14.8 Å². The fraction of sp³-hybridized carbons (Fsp3) is 0.500. The Morgan fingerprint density at radius 3 is 2.48 bits per heavy atom. The Hall–Kier alpha value is -1.02. The molecule has 0 heterocycles. The van der Waals surface area contributed by atoms with E-state index in [2.05, 4.69) is 5.32 Å². The van der Waals surface area contributed by atoms with E-state index in [9.17, 15) is 13.2 Å². The van der Waals surface area contributed by atoms with Crippen molar-refractivity contribution in [2.24, 2.45) is 0 Å². The number of benzene rings is 1. The normalized spacial score (nSPS) is 11.6. The van der Waals surface area contributed by atoms with E-state index in [4.69, 9.17) is 23.2 Å². The summed E-state index contributed by atoms with van der Waals surface area (Å²) in [5.41, 5.74) is 0.185. The van der Waals surface area contributed by atoms with Gasteiger partial charge in [0.05, 0.1) is 22.0 Å². The first-order valence-corrected chi connectivity index (χ1v) is 9.56. The van der Waals surface area contributed by atoms with Crippen LogP contribution in [0.25, 0.3) is 0 Å². The number of rotatable bonds is 8. The fourth-order valence-corrected chi connectivity index (χ4v) is 3.18. The van der Waals surface area contributed by atoms with Crippen molar-refractivity contribution < 1.29 is 13.2 Å². The van der Waals surface area contributed by atoms with Gasteiger partial charge in [-0.1, -0.05) is 29.3 Å². The summed E-state index contributed by atoms with van der Waals surface area (Å²) in [6, 6.07) is 4.64. The quantitative estimate of drug-likeness (QED) is 0.697.